The van der Waals surface area contributed by atoms with Gasteiger partial charge in [0, 0.05) is 0 Å². The van der Waals surface area contributed by atoms with Crippen LogP contribution in [0, 0.1) is 0 Å². The van der Waals surface area contributed by atoms with Crippen LogP contribution in [0.25, 0.3) is 0 Å². The molecule has 0 aliphatic carbocycles. The van der Waals surface area contributed by atoms with E-state index in [0.717, 1.165) is 0 Å². The number of rotatable bonds is 5. The molecule has 1 unspecified atom stereocenters. The summed E-state index contributed by atoms with van der Waals surface area (Å²) in [6.07, 6.45) is 0. The molecule has 0 aliphatic heterocycles. The fourth-order valence-electron chi connectivity index (χ4n) is 0.486. The van der Waals surface area contributed by atoms with E-state index in [4.69, 9.17) is 14.7 Å². The molecule has 3 N–H and O–H groups in total. The van der Waals surface area contributed by atoms with Crippen molar-refractivity contribution in [1.29, 1.82) is 0 Å². The summed E-state index contributed by atoms with van der Waals surface area (Å²) in [6, 6.07) is 0. The Morgan fingerprint density at radius 2 is 1.71 bits per heavy atom. The van der Waals surface area contributed by atoms with Gasteiger partial charge in [0.2, 0.25) is 8.32 Å². The minimum Gasteiger partial charge on any atom is -0.325 e. The van der Waals surface area contributed by atoms with Crippen LogP contribution in [0.3, 0.4) is 0 Å². The van der Waals surface area contributed by atoms with Gasteiger partial charge in [0.1, 0.15) is 0 Å². The second-order valence-electron chi connectivity index (χ2n) is 2.94. The topological polar surface area (TPSA) is 113 Å². The van der Waals surface area contributed by atoms with Crippen molar-refractivity contribution in [3.05, 3.63) is 12.3 Å². The van der Waals surface area contributed by atoms with E-state index < -0.39 is 24.0 Å². The predicted molar refractivity (Wildman–Crippen MR) is 51.7 cm³/mol. The first kappa shape index (κ1) is 14.2. The summed E-state index contributed by atoms with van der Waals surface area (Å²) >= 11 is 0. The predicted octanol–water partition coefficient (Wildman–Crippen LogP) is 1.14. The van der Waals surface area contributed by atoms with E-state index in [1.807, 2.05) is 0 Å². The molecule has 7 nitrogen and oxygen atoms in total. The third kappa shape index (κ3) is 6.64. The average Bonchev–Trinajstić information content (AvgIpc) is 1.78. The second-order valence-corrected chi connectivity index (χ2v) is 9.86. The zero-order valence-corrected chi connectivity index (χ0v) is 10.4. The summed E-state index contributed by atoms with van der Waals surface area (Å²) in [4.78, 5) is 25.5. The molecule has 0 radical (unpaired) electrons. The second kappa shape index (κ2) is 4.38. The van der Waals surface area contributed by atoms with E-state index in [-0.39, 0.29) is 0 Å². The van der Waals surface area contributed by atoms with Crippen molar-refractivity contribution in [2.75, 3.05) is 0 Å². The van der Waals surface area contributed by atoms with Gasteiger partial charge in [-0.2, -0.15) is 4.31 Å². The highest BCUT2D eigenvalue weighted by atomic mass is 31.3. The lowest BCUT2D eigenvalue weighted by Gasteiger charge is -2.21. The van der Waals surface area contributed by atoms with Gasteiger partial charge >= 0.3 is 15.6 Å². The Morgan fingerprint density at radius 3 is 2.00 bits per heavy atom. The smallest absolute Gasteiger partial charge is 0.325 e. The van der Waals surface area contributed by atoms with Crippen LogP contribution < -0.4 is 0 Å². The van der Waals surface area contributed by atoms with Crippen molar-refractivity contribution in [3.8, 4) is 0 Å². The summed E-state index contributed by atoms with van der Waals surface area (Å²) in [7, 11) is -12.4. The van der Waals surface area contributed by atoms with Gasteiger partial charge in [-0.3, -0.25) is 0 Å². The lowest BCUT2D eigenvalue weighted by molar-refractivity contribution is 0.229. The quantitative estimate of drug-likeness (QED) is 0.503. The summed E-state index contributed by atoms with van der Waals surface area (Å²) in [6.45, 7) is 6.41. The molecule has 0 aromatic carbocycles. The molecule has 0 saturated carbocycles. The summed E-state index contributed by atoms with van der Waals surface area (Å²) in [5, 5.41) is 0. The van der Waals surface area contributed by atoms with Gasteiger partial charge in [-0.15, -0.1) is 6.58 Å². The fraction of sp³-hybridized carbons (Fsp3) is 0.500. The highest BCUT2D eigenvalue weighted by Crippen LogP contribution is 2.58. The lowest BCUT2D eigenvalue weighted by Crippen LogP contribution is -2.26. The van der Waals surface area contributed by atoms with Gasteiger partial charge < -0.3 is 18.9 Å². The average molecular weight is 262 g/mol. The van der Waals surface area contributed by atoms with Crippen LogP contribution in [0.5, 0.6) is 0 Å². The first-order valence-corrected chi connectivity index (χ1v) is 9.43. The maximum Gasteiger partial charge on any atom is 0.478 e. The van der Waals surface area contributed by atoms with E-state index in [0.29, 0.717) is 0 Å². The summed E-state index contributed by atoms with van der Waals surface area (Å²) in [5.74, 6) is 0. The first-order chi connectivity index (χ1) is 5.97. The van der Waals surface area contributed by atoms with Gasteiger partial charge in [-0.25, -0.2) is 9.13 Å². The molecule has 0 rings (SSSR count). The maximum absolute atomic E-state index is 11.0. The molecular formula is C4H12O7P2Si. The zero-order valence-electron chi connectivity index (χ0n) is 7.65. The number of hydrogen-bond donors (Lipinski definition) is 3. The van der Waals surface area contributed by atoms with E-state index in [1.54, 1.807) is 0 Å². The SMILES string of the molecule is C=C[Si](C)(C)OP(=O)(O)OP(=O)(O)O. The van der Waals surface area contributed by atoms with Gasteiger partial charge in [-0.05, 0) is 13.1 Å². The van der Waals surface area contributed by atoms with Crippen molar-refractivity contribution in [1.82, 2.24) is 0 Å². The minimum atomic E-state index is -5.03. The van der Waals surface area contributed by atoms with Crippen LogP contribution >= 0.6 is 15.6 Å². The monoisotopic (exact) mass is 262 g/mol. The van der Waals surface area contributed by atoms with Crippen LogP contribution in [-0.4, -0.2) is 23.0 Å². The lowest BCUT2D eigenvalue weighted by atomic mass is 11.3. The summed E-state index contributed by atoms with van der Waals surface area (Å²) < 4.78 is 29.5. The Kier molecular flexibility index (Phi) is 4.45. The molecule has 0 saturated heterocycles. The van der Waals surface area contributed by atoms with Crippen LogP contribution in [0.4, 0.5) is 0 Å². The first-order valence-electron chi connectivity index (χ1n) is 3.41. The Morgan fingerprint density at radius 1 is 1.29 bits per heavy atom. The molecule has 0 aliphatic rings. The van der Waals surface area contributed by atoms with E-state index in [2.05, 4.69) is 15.1 Å². The molecule has 0 bridgehead atoms. The van der Waals surface area contributed by atoms with Gasteiger partial charge in [-0.1, -0.05) is 5.70 Å². The van der Waals surface area contributed by atoms with Crippen molar-refractivity contribution >= 4 is 24.0 Å². The minimum absolute atomic E-state index is 1.33. The van der Waals surface area contributed by atoms with Crippen molar-refractivity contribution in [3.63, 3.8) is 0 Å². The van der Waals surface area contributed by atoms with Gasteiger partial charge in [0.25, 0.3) is 0 Å². The molecule has 1 atom stereocenters. The molecule has 0 spiro atoms. The molecule has 14 heavy (non-hydrogen) atoms. The molecular weight excluding hydrogens is 250 g/mol. The number of phosphoric acid groups is 2. The standard InChI is InChI=1S/C4H12O7P2Si/c1-4-14(2,3)11-13(8,9)10-12(5,6)7/h4H,1H2,2-3H3,(H,8,9)(H2,5,6,7). The highest BCUT2D eigenvalue weighted by molar-refractivity contribution is 7.61. The van der Waals surface area contributed by atoms with Crippen LogP contribution in [0.1, 0.15) is 0 Å². The molecule has 0 aromatic rings. The Hall–Kier alpha value is 0.217. The fourth-order valence-corrected chi connectivity index (χ4v) is 4.67. The van der Waals surface area contributed by atoms with Crippen LogP contribution in [0.15, 0.2) is 12.3 Å². The molecule has 0 amide bonds. The van der Waals surface area contributed by atoms with Gasteiger partial charge in [0.15, 0.2) is 0 Å². The Balaban J connectivity index is 4.59. The van der Waals surface area contributed by atoms with Crippen molar-refractivity contribution in [2.24, 2.45) is 0 Å². The van der Waals surface area contributed by atoms with Crippen LogP contribution in [-0.2, 0) is 17.7 Å². The zero-order chi connectivity index (χ0) is 11.6. The number of hydrogen-bond acceptors (Lipinski definition) is 4. The third-order valence-corrected chi connectivity index (χ3v) is 6.52. The third-order valence-electron chi connectivity index (χ3n) is 1.05. The molecule has 10 heteroatoms. The van der Waals surface area contributed by atoms with E-state index in [1.165, 1.54) is 18.8 Å². The molecule has 0 fully saturated rings. The maximum atomic E-state index is 11.0. The Bertz CT molecular complexity index is 307. The van der Waals surface area contributed by atoms with Crippen molar-refractivity contribution < 1.29 is 32.3 Å². The van der Waals surface area contributed by atoms with E-state index >= 15 is 0 Å². The Labute approximate surface area is 82.4 Å². The van der Waals surface area contributed by atoms with Crippen LogP contribution in [0.2, 0.25) is 13.1 Å². The molecule has 0 aromatic heterocycles. The van der Waals surface area contributed by atoms with Crippen molar-refractivity contribution in [2.45, 2.75) is 13.1 Å². The largest absolute Gasteiger partial charge is 0.478 e. The van der Waals surface area contributed by atoms with Gasteiger partial charge in [0.05, 0.1) is 0 Å². The highest BCUT2D eigenvalue weighted by Gasteiger charge is 2.37. The molecule has 0 heterocycles. The summed E-state index contributed by atoms with van der Waals surface area (Å²) in [5.41, 5.74) is 1.33. The normalized spacial score (nSPS) is 17.5. The van der Waals surface area contributed by atoms with E-state index in [9.17, 15) is 9.13 Å². The molecule has 84 valence electrons.